The number of anilines is 1. The highest BCUT2D eigenvalue weighted by atomic mass is 79.9. The number of sulfonamides is 1. The Morgan fingerprint density at radius 2 is 1.78 bits per heavy atom. The molecule has 0 aromatic heterocycles. The number of benzene rings is 2. The molecule has 2 amide bonds. The van der Waals surface area contributed by atoms with Gasteiger partial charge in [-0.15, -0.1) is 0 Å². The van der Waals surface area contributed by atoms with Gasteiger partial charge in [0.2, 0.25) is 21.8 Å². The van der Waals surface area contributed by atoms with Crippen LogP contribution in [-0.2, 0) is 26.2 Å². The van der Waals surface area contributed by atoms with E-state index in [9.17, 15) is 18.0 Å². The minimum Gasteiger partial charge on any atom is -0.492 e. The van der Waals surface area contributed by atoms with Gasteiger partial charge < -0.3 is 15.0 Å². The van der Waals surface area contributed by atoms with Crippen LogP contribution in [-0.4, -0.2) is 57.1 Å². The first-order chi connectivity index (χ1) is 17.4. The molecule has 0 fully saturated rings. The molecule has 2 rings (SSSR count). The lowest BCUT2D eigenvalue weighted by molar-refractivity contribution is -0.140. The van der Waals surface area contributed by atoms with Crippen molar-refractivity contribution >= 4 is 43.5 Å². The van der Waals surface area contributed by atoms with Gasteiger partial charge in [0.1, 0.15) is 11.8 Å². The lowest BCUT2D eigenvalue weighted by Crippen LogP contribution is -2.48. The van der Waals surface area contributed by atoms with Gasteiger partial charge in [-0.3, -0.25) is 13.9 Å². The van der Waals surface area contributed by atoms with E-state index in [-0.39, 0.29) is 43.7 Å². The number of hydrogen-bond donors (Lipinski definition) is 1. The summed E-state index contributed by atoms with van der Waals surface area (Å²) in [5, 5.41) is 2.90. The number of nitrogens with one attached hydrogen (secondary N) is 1. The van der Waals surface area contributed by atoms with Crippen LogP contribution >= 0.6 is 15.9 Å². The van der Waals surface area contributed by atoms with Crippen molar-refractivity contribution in [2.45, 2.75) is 53.1 Å². The van der Waals surface area contributed by atoms with Crippen molar-refractivity contribution in [3.8, 4) is 5.75 Å². The van der Waals surface area contributed by atoms with Gasteiger partial charge in [-0.05, 0) is 56.0 Å². The zero-order chi connectivity index (χ0) is 27.6. The smallest absolute Gasteiger partial charge is 0.242 e. The number of hydrogen-bond acceptors (Lipinski definition) is 5. The van der Waals surface area contributed by atoms with E-state index in [0.29, 0.717) is 24.6 Å². The van der Waals surface area contributed by atoms with Crippen molar-refractivity contribution < 1.29 is 22.7 Å². The molecule has 2 aromatic carbocycles. The number of carbonyl (C=O) groups excluding carboxylic acids is 2. The van der Waals surface area contributed by atoms with Crippen molar-refractivity contribution in [3.05, 3.63) is 58.6 Å². The molecule has 1 N–H and O–H groups in total. The van der Waals surface area contributed by atoms with Crippen molar-refractivity contribution in [1.29, 1.82) is 0 Å². The van der Waals surface area contributed by atoms with Crippen LogP contribution in [0.15, 0.2) is 53.0 Å². The summed E-state index contributed by atoms with van der Waals surface area (Å²) in [4.78, 5) is 27.8. The fourth-order valence-electron chi connectivity index (χ4n) is 3.79. The van der Waals surface area contributed by atoms with Gasteiger partial charge in [-0.1, -0.05) is 54.0 Å². The van der Waals surface area contributed by atoms with Crippen LogP contribution in [0.5, 0.6) is 5.75 Å². The van der Waals surface area contributed by atoms with Gasteiger partial charge in [-0.25, -0.2) is 8.42 Å². The van der Waals surface area contributed by atoms with E-state index < -0.39 is 16.1 Å². The molecule has 0 bridgehead atoms. The van der Waals surface area contributed by atoms with Gasteiger partial charge in [0.25, 0.3) is 0 Å². The number of halogens is 1. The van der Waals surface area contributed by atoms with Crippen molar-refractivity contribution in [3.63, 3.8) is 0 Å². The maximum Gasteiger partial charge on any atom is 0.242 e. The molecule has 0 aliphatic carbocycles. The Morgan fingerprint density at radius 1 is 1.08 bits per heavy atom. The Bertz CT molecular complexity index is 1160. The number of para-hydroxylation sites is 2. The van der Waals surface area contributed by atoms with Crippen molar-refractivity contribution in [1.82, 2.24) is 10.2 Å². The van der Waals surface area contributed by atoms with Crippen LogP contribution in [0.25, 0.3) is 0 Å². The zero-order valence-electron chi connectivity index (χ0n) is 22.2. The molecule has 0 spiro atoms. The largest absolute Gasteiger partial charge is 0.492 e. The van der Waals surface area contributed by atoms with E-state index in [4.69, 9.17) is 4.74 Å². The lowest BCUT2D eigenvalue weighted by atomic mass is 10.1. The second-order valence-corrected chi connectivity index (χ2v) is 12.1. The van der Waals surface area contributed by atoms with E-state index in [1.165, 1.54) is 4.31 Å². The quantitative estimate of drug-likeness (QED) is 0.345. The average molecular weight is 597 g/mol. The molecule has 0 radical (unpaired) electrons. The average Bonchev–Trinajstić information content (AvgIpc) is 2.83. The molecule has 0 saturated heterocycles. The number of rotatable bonds is 14. The summed E-state index contributed by atoms with van der Waals surface area (Å²) in [7, 11) is -3.62. The first-order valence-corrected chi connectivity index (χ1v) is 15.1. The Hall–Kier alpha value is -2.59. The van der Waals surface area contributed by atoms with Gasteiger partial charge >= 0.3 is 0 Å². The summed E-state index contributed by atoms with van der Waals surface area (Å²) in [6.45, 7) is 8.84. The molecular weight excluding hydrogens is 558 g/mol. The maximum atomic E-state index is 13.4. The summed E-state index contributed by atoms with van der Waals surface area (Å²) in [6.07, 6.45) is 1.50. The molecule has 204 valence electrons. The first kappa shape index (κ1) is 30.6. The van der Waals surface area contributed by atoms with E-state index in [1.807, 2.05) is 45.0 Å². The molecule has 8 nitrogen and oxygen atoms in total. The molecule has 37 heavy (non-hydrogen) atoms. The van der Waals surface area contributed by atoms with Gasteiger partial charge in [0.15, 0.2) is 0 Å². The van der Waals surface area contributed by atoms with E-state index in [2.05, 4.69) is 21.2 Å². The zero-order valence-corrected chi connectivity index (χ0v) is 24.6. The predicted octanol–water partition coefficient (Wildman–Crippen LogP) is 4.58. The van der Waals surface area contributed by atoms with E-state index in [1.54, 1.807) is 36.1 Å². The second kappa shape index (κ2) is 14.4. The molecule has 0 aliphatic rings. The Balaban J connectivity index is 2.20. The van der Waals surface area contributed by atoms with Crippen LogP contribution in [0.4, 0.5) is 5.69 Å². The molecule has 2 aromatic rings. The number of nitrogens with zero attached hydrogens (tertiary/aromatic N) is 2. The SMILES string of the molecule is CCOc1ccccc1N(CCCC(=O)N(Cc1cccc(Br)c1)[C@H](C)C(=O)NCC(C)C)S(C)(=O)=O. The van der Waals surface area contributed by atoms with Crippen LogP contribution in [0.2, 0.25) is 0 Å². The molecule has 0 heterocycles. The van der Waals surface area contributed by atoms with Gasteiger partial charge in [0.05, 0.1) is 18.6 Å². The summed E-state index contributed by atoms with van der Waals surface area (Å²) >= 11 is 3.46. The fourth-order valence-corrected chi connectivity index (χ4v) is 5.21. The summed E-state index contributed by atoms with van der Waals surface area (Å²) in [5.74, 6) is 0.305. The lowest BCUT2D eigenvalue weighted by Gasteiger charge is -2.30. The normalized spacial score (nSPS) is 12.2. The van der Waals surface area contributed by atoms with Crippen LogP contribution in [0.1, 0.15) is 46.1 Å². The molecule has 1 atom stereocenters. The first-order valence-electron chi connectivity index (χ1n) is 12.4. The minimum absolute atomic E-state index is 0.0820. The van der Waals surface area contributed by atoms with Crippen molar-refractivity contribution in [2.24, 2.45) is 5.92 Å². The monoisotopic (exact) mass is 595 g/mol. The number of ether oxygens (including phenoxy) is 1. The topological polar surface area (TPSA) is 96.0 Å². The van der Waals surface area contributed by atoms with Gasteiger partial charge in [0, 0.05) is 30.5 Å². The standard InChI is InChI=1S/C27H38BrN3O5S/c1-6-36-25-14-8-7-13-24(25)31(37(5,34)35)16-10-15-26(32)30(19-22-11-9-12-23(28)17-22)21(4)27(33)29-18-20(2)3/h7-9,11-14,17,20-21H,6,10,15-16,18-19H2,1-5H3,(H,29,33)/t21-/m1/s1. The van der Waals surface area contributed by atoms with E-state index >= 15 is 0 Å². The fraction of sp³-hybridized carbons (Fsp3) is 0.481. The molecular formula is C27H38BrN3O5S. The van der Waals surface area contributed by atoms with Gasteiger partial charge in [-0.2, -0.15) is 0 Å². The highest BCUT2D eigenvalue weighted by Gasteiger charge is 2.27. The summed E-state index contributed by atoms with van der Waals surface area (Å²) < 4.78 is 33.0. The van der Waals surface area contributed by atoms with Crippen molar-refractivity contribution in [2.75, 3.05) is 30.3 Å². The third-order valence-electron chi connectivity index (χ3n) is 5.68. The molecule has 0 saturated carbocycles. The number of carbonyl (C=O) groups is 2. The minimum atomic E-state index is -3.62. The Kier molecular flexibility index (Phi) is 11.9. The summed E-state index contributed by atoms with van der Waals surface area (Å²) in [5.41, 5.74) is 1.32. The van der Waals surface area contributed by atoms with Crippen LogP contribution in [0, 0.1) is 5.92 Å². The maximum absolute atomic E-state index is 13.4. The van der Waals surface area contributed by atoms with Crippen LogP contribution in [0.3, 0.4) is 0 Å². The third-order valence-corrected chi connectivity index (χ3v) is 7.35. The number of amides is 2. The third kappa shape index (κ3) is 9.66. The highest BCUT2D eigenvalue weighted by molar-refractivity contribution is 9.10. The highest BCUT2D eigenvalue weighted by Crippen LogP contribution is 2.30. The Labute approximate surface area is 229 Å². The van der Waals surface area contributed by atoms with E-state index in [0.717, 1.165) is 16.3 Å². The molecule has 10 heteroatoms. The summed E-state index contributed by atoms with van der Waals surface area (Å²) in [6, 6.07) is 13.8. The Morgan fingerprint density at radius 3 is 2.41 bits per heavy atom. The second-order valence-electron chi connectivity index (χ2n) is 9.31. The van der Waals surface area contributed by atoms with Crippen LogP contribution < -0.4 is 14.4 Å². The predicted molar refractivity (Wildman–Crippen MR) is 151 cm³/mol. The molecule has 0 unspecified atom stereocenters. The molecule has 0 aliphatic heterocycles.